The number of rotatable bonds is 5. The average Bonchev–Trinajstić information content (AvgIpc) is 2.85. The predicted molar refractivity (Wildman–Crippen MR) is 81.5 cm³/mol. The number of benzene rings is 1. The van der Waals surface area contributed by atoms with Gasteiger partial charge in [0.2, 0.25) is 5.91 Å². The fourth-order valence-corrected chi connectivity index (χ4v) is 2.14. The summed E-state index contributed by atoms with van der Waals surface area (Å²) < 4.78 is 39.8. The Hall–Kier alpha value is -2.31. The lowest BCUT2D eigenvalue weighted by molar-refractivity contribution is -0.137. The second-order valence-corrected chi connectivity index (χ2v) is 5.28. The Kier molecular flexibility index (Phi) is 5.08. The number of amides is 1. The molecule has 1 aromatic carbocycles. The molecular formula is C16H18F3N3O. The lowest BCUT2D eigenvalue weighted by Gasteiger charge is -2.11. The van der Waals surface area contributed by atoms with Gasteiger partial charge in [-0.15, -0.1) is 0 Å². The summed E-state index contributed by atoms with van der Waals surface area (Å²) in [6.45, 7) is 3.69. The summed E-state index contributed by atoms with van der Waals surface area (Å²) in [5.41, 5.74) is 0.0957. The van der Waals surface area contributed by atoms with E-state index in [1.165, 1.54) is 16.8 Å². The van der Waals surface area contributed by atoms with Crippen molar-refractivity contribution in [2.45, 2.75) is 39.3 Å². The summed E-state index contributed by atoms with van der Waals surface area (Å²) in [6, 6.07) is 6.47. The molecule has 124 valence electrons. The largest absolute Gasteiger partial charge is 0.416 e. The molecule has 0 atom stereocenters. The van der Waals surface area contributed by atoms with E-state index in [1.807, 2.05) is 6.92 Å². The molecule has 0 saturated carbocycles. The fraction of sp³-hybridized carbons (Fsp3) is 0.375. The zero-order valence-electron chi connectivity index (χ0n) is 12.9. The van der Waals surface area contributed by atoms with Gasteiger partial charge in [-0.05, 0) is 31.5 Å². The molecule has 0 aliphatic rings. The number of halogens is 3. The second kappa shape index (κ2) is 6.85. The SMILES string of the molecule is CCCCC(=O)Nc1cc(C)nn1-c1cccc(C(F)(F)F)c1. The normalized spacial score (nSPS) is 11.5. The lowest BCUT2D eigenvalue weighted by atomic mass is 10.2. The number of aromatic nitrogens is 2. The molecule has 1 N–H and O–H groups in total. The third-order valence-electron chi connectivity index (χ3n) is 3.27. The van der Waals surface area contributed by atoms with Gasteiger partial charge in [-0.2, -0.15) is 18.3 Å². The minimum Gasteiger partial charge on any atom is -0.311 e. The molecule has 0 aliphatic carbocycles. The number of unbranched alkanes of at least 4 members (excludes halogenated alkanes) is 1. The number of carbonyl (C=O) groups is 1. The first-order chi connectivity index (χ1) is 10.8. The average molecular weight is 325 g/mol. The van der Waals surface area contributed by atoms with Gasteiger partial charge >= 0.3 is 6.18 Å². The summed E-state index contributed by atoms with van der Waals surface area (Å²) >= 11 is 0. The van der Waals surface area contributed by atoms with Crippen LogP contribution in [0.15, 0.2) is 30.3 Å². The minimum absolute atomic E-state index is 0.181. The molecule has 1 amide bonds. The van der Waals surface area contributed by atoms with E-state index < -0.39 is 11.7 Å². The highest BCUT2D eigenvalue weighted by Gasteiger charge is 2.30. The summed E-state index contributed by atoms with van der Waals surface area (Å²) in [4.78, 5) is 11.9. The topological polar surface area (TPSA) is 46.9 Å². The van der Waals surface area contributed by atoms with E-state index >= 15 is 0 Å². The molecule has 0 fully saturated rings. The minimum atomic E-state index is -4.43. The maximum absolute atomic E-state index is 12.8. The first-order valence-electron chi connectivity index (χ1n) is 7.35. The van der Waals surface area contributed by atoms with Gasteiger partial charge in [0.25, 0.3) is 0 Å². The van der Waals surface area contributed by atoms with E-state index in [0.717, 1.165) is 25.0 Å². The van der Waals surface area contributed by atoms with Crippen LogP contribution in [-0.4, -0.2) is 15.7 Å². The number of anilines is 1. The monoisotopic (exact) mass is 325 g/mol. The van der Waals surface area contributed by atoms with Gasteiger partial charge < -0.3 is 5.32 Å². The van der Waals surface area contributed by atoms with Gasteiger partial charge in [-0.25, -0.2) is 4.68 Å². The van der Waals surface area contributed by atoms with Crippen LogP contribution in [0.25, 0.3) is 5.69 Å². The van der Waals surface area contributed by atoms with Crippen molar-refractivity contribution in [2.24, 2.45) is 0 Å². The van der Waals surface area contributed by atoms with Crippen LogP contribution >= 0.6 is 0 Å². The van der Waals surface area contributed by atoms with E-state index in [0.29, 0.717) is 17.9 Å². The number of nitrogens with one attached hydrogen (secondary N) is 1. The van der Waals surface area contributed by atoms with Crippen LogP contribution in [0.2, 0.25) is 0 Å². The highest BCUT2D eigenvalue weighted by atomic mass is 19.4. The van der Waals surface area contributed by atoms with E-state index in [9.17, 15) is 18.0 Å². The number of carbonyl (C=O) groups excluding carboxylic acids is 1. The Bertz CT molecular complexity index is 692. The molecule has 0 saturated heterocycles. The van der Waals surface area contributed by atoms with E-state index in [-0.39, 0.29) is 11.6 Å². The third-order valence-corrected chi connectivity index (χ3v) is 3.27. The summed E-state index contributed by atoms with van der Waals surface area (Å²) in [5.74, 6) is 0.183. The van der Waals surface area contributed by atoms with Crippen molar-refractivity contribution in [3.63, 3.8) is 0 Å². The quantitative estimate of drug-likeness (QED) is 0.889. The third kappa shape index (κ3) is 4.34. The van der Waals surface area contributed by atoms with Gasteiger partial charge in [0, 0.05) is 12.5 Å². The molecule has 4 nitrogen and oxygen atoms in total. The molecule has 0 bridgehead atoms. The molecule has 1 heterocycles. The Balaban J connectivity index is 2.32. The maximum Gasteiger partial charge on any atom is 0.416 e. The number of nitrogens with zero attached hydrogens (tertiary/aromatic N) is 2. The first kappa shape index (κ1) is 17.1. The number of hydrogen-bond acceptors (Lipinski definition) is 2. The zero-order valence-corrected chi connectivity index (χ0v) is 12.9. The van der Waals surface area contributed by atoms with Gasteiger partial charge in [0.15, 0.2) is 0 Å². The van der Waals surface area contributed by atoms with Gasteiger partial charge in [-0.3, -0.25) is 4.79 Å². The summed E-state index contributed by atoms with van der Waals surface area (Å²) in [5, 5.41) is 6.88. The Morgan fingerprint density at radius 1 is 1.30 bits per heavy atom. The van der Waals surface area contributed by atoms with E-state index in [2.05, 4.69) is 10.4 Å². The highest BCUT2D eigenvalue weighted by Crippen LogP contribution is 2.31. The van der Waals surface area contributed by atoms with Crippen LogP contribution in [-0.2, 0) is 11.0 Å². The molecule has 0 spiro atoms. The first-order valence-corrected chi connectivity index (χ1v) is 7.35. The molecule has 2 aromatic rings. The summed E-state index contributed by atoms with van der Waals surface area (Å²) in [6.07, 6.45) is -2.42. The van der Waals surface area contributed by atoms with Crippen molar-refractivity contribution in [3.05, 3.63) is 41.6 Å². The van der Waals surface area contributed by atoms with Crippen molar-refractivity contribution in [3.8, 4) is 5.69 Å². The van der Waals surface area contributed by atoms with Crippen molar-refractivity contribution in [1.29, 1.82) is 0 Å². The maximum atomic E-state index is 12.8. The highest BCUT2D eigenvalue weighted by molar-refractivity contribution is 5.90. The molecule has 23 heavy (non-hydrogen) atoms. The molecular weight excluding hydrogens is 307 g/mol. The Morgan fingerprint density at radius 2 is 2.04 bits per heavy atom. The zero-order chi connectivity index (χ0) is 17.0. The van der Waals surface area contributed by atoms with Crippen LogP contribution in [0.5, 0.6) is 0 Å². The van der Waals surface area contributed by atoms with E-state index in [1.54, 1.807) is 13.0 Å². The van der Waals surface area contributed by atoms with Crippen LogP contribution < -0.4 is 5.32 Å². The van der Waals surface area contributed by atoms with Gasteiger partial charge in [0.1, 0.15) is 5.82 Å². The van der Waals surface area contributed by atoms with Crippen LogP contribution in [0.1, 0.15) is 37.4 Å². The van der Waals surface area contributed by atoms with Crippen LogP contribution in [0.3, 0.4) is 0 Å². The van der Waals surface area contributed by atoms with Gasteiger partial charge in [0.05, 0.1) is 16.9 Å². The van der Waals surface area contributed by atoms with Crippen molar-refractivity contribution in [2.75, 3.05) is 5.32 Å². The van der Waals surface area contributed by atoms with Crippen LogP contribution in [0.4, 0.5) is 19.0 Å². The van der Waals surface area contributed by atoms with Crippen molar-refractivity contribution < 1.29 is 18.0 Å². The predicted octanol–water partition coefficient (Wildman–Crippen LogP) is 4.33. The van der Waals surface area contributed by atoms with Crippen molar-refractivity contribution >= 4 is 11.7 Å². The smallest absolute Gasteiger partial charge is 0.311 e. The molecule has 0 radical (unpaired) electrons. The fourth-order valence-electron chi connectivity index (χ4n) is 2.14. The number of hydrogen-bond donors (Lipinski definition) is 1. The second-order valence-electron chi connectivity index (χ2n) is 5.28. The van der Waals surface area contributed by atoms with Gasteiger partial charge in [-0.1, -0.05) is 19.4 Å². The Labute approximate surface area is 132 Å². The molecule has 0 unspecified atom stereocenters. The van der Waals surface area contributed by atoms with Crippen molar-refractivity contribution in [1.82, 2.24) is 9.78 Å². The molecule has 0 aliphatic heterocycles. The summed E-state index contributed by atoms with van der Waals surface area (Å²) in [7, 11) is 0. The Morgan fingerprint density at radius 3 is 2.70 bits per heavy atom. The van der Waals surface area contributed by atoms with Crippen LogP contribution in [0, 0.1) is 6.92 Å². The van der Waals surface area contributed by atoms with E-state index in [4.69, 9.17) is 0 Å². The number of aryl methyl sites for hydroxylation is 1. The standard InChI is InChI=1S/C16H18F3N3O/c1-3-4-8-15(23)20-14-9-11(2)21-22(14)13-7-5-6-12(10-13)16(17,18)19/h5-7,9-10H,3-4,8H2,1-2H3,(H,20,23). The number of alkyl halides is 3. The lowest BCUT2D eigenvalue weighted by Crippen LogP contribution is -2.15. The molecule has 1 aromatic heterocycles. The molecule has 2 rings (SSSR count). The molecule has 7 heteroatoms.